The van der Waals surface area contributed by atoms with Gasteiger partial charge in [0.15, 0.2) is 16.9 Å². The Kier molecular flexibility index (Phi) is 3.57. The number of benzene rings is 1. The van der Waals surface area contributed by atoms with Crippen LogP contribution in [-0.2, 0) is 10.3 Å². The summed E-state index contributed by atoms with van der Waals surface area (Å²) in [4.78, 5) is 2.92. The summed E-state index contributed by atoms with van der Waals surface area (Å²) in [6, 6.07) is 7.00. The third-order valence-corrected chi connectivity index (χ3v) is 5.42. The highest BCUT2D eigenvalue weighted by Gasteiger charge is 2.65. The number of hydrogen-bond donors (Lipinski definition) is 5. The van der Waals surface area contributed by atoms with E-state index in [1.54, 1.807) is 24.3 Å². The number of rotatable bonds is 1. The minimum absolute atomic E-state index is 0.162. The summed E-state index contributed by atoms with van der Waals surface area (Å²) in [7, 11) is 0. The van der Waals surface area contributed by atoms with Crippen molar-refractivity contribution in [3.05, 3.63) is 36.0 Å². The number of fused-ring (bicyclic) bond motifs is 1. The topological polar surface area (TPSA) is 106 Å². The van der Waals surface area contributed by atoms with E-state index in [4.69, 9.17) is 16.3 Å². The number of ether oxygens (including phenoxy) is 1. The molecule has 1 aliphatic heterocycles. The van der Waals surface area contributed by atoms with Crippen LogP contribution in [0.15, 0.2) is 30.5 Å². The van der Waals surface area contributed by atoms with Gasteiger partial charge in [-0.2, -0.15) is 0 Å². The first kappa shape index (κ1) is 15.2. The number of aliphatic hydroxyl groups excluding tert-OH is 2. The summed E-state index contributed by atoms with van der Waals surface area (Å²) in [5.74, 6) is 0. The van der Waals surface area contributed by atoms with E-state index in [9.17, 15) is 20.4 Å². The SMILES string of the molecule is O[C@@H]1OC(Br)[C@](O)(Cl)[C@@](O)(c2c[nH]c3ccccc23)[C@H]1O. The maximum absolute atomic E-state index is 10.9. The maximum atomic E-state index is 10.9. The Morgan fingerprint density at radius 2 is 1.90 bits per heavy atom. The number of H-pyrrole nitrogens is 1. The lowest BCUT2D eigenvalue weighted by Crippen LogP contribution is -2.68. The van der Waals surface area contributed by atoms with Crippen molar-refractivity contribution < 1.29 is 25.2 Å². The molecule has 1 saturated heterocycles. The predicted octanol–water partition coefficient (Wildman–Crippen LogP) is 0.713. The molecule has 0 saturated carbocycles. The molecule has 0 spiro atoms. The van der Waals surface area contributed by atoms with Crippen molar-refractivity contribution in [1.82, 2.24) is 4.98 Å². The summed E-state index contributed by atoms with van der Waals surface area (Å²) in [5, 5.41) is 38.2. The van der Waals surface area contributed by atoms with Gasteiger partial charge >= 0.3 is 0 Å². The molecule has 6 nitrogen and oxygen atoms in total. The molecular formula is C13H13BrClNO5. The fourth-order valence-electron chi connectivity index (χ4n) is 2.61. The smallest absolute Gasteiger partial charge is 0.211 e. The molecule has 0 aliphatic carbocycles. The maximum Gasteiger partial charge on any atom is 0.211 e. The molecule has 1 unspecified atom stereocenters. The normalized spacial score (nSPS) is 40.6. The number of nitrogens with one attached hydrogen (secondary N) is 1. The van der Waals surface area contributed by atoms with Crippen LogP contribution in [0.3, 0.4) is 0 Å². The first-order valence-electron chi connectivity index (χ1n) is 6.16. The van der Waals surface area contributed by atoms with Crippen LogP contribution in [0.4, 0.5) is 0 Å². The summed E-state index contributed by atoms with van der Waals surface area (Å²) >= 11 is 8.99. The van der Waals surface area contributed by atoms with Gasteiger partial charge in [-0.3, -0.25) is 0 Å². The number of halogens is 2. The van der Waals surface area contributed by atoms with Crippen molar-refractivity contribution in [2.24, 2.45) is 0 Å². The number of hydrogen-bond acceptors (Lipinski definition) is 5. The van der Waals surface area contributed by atoms with Gasteiger partial charge < -0.3 is 30.1 Å². The predicted molar refractivity (Wildman–Crippen MR) is 78.8 cm³/mol. The highest BCUT2D eigenvalue weighted by molar-refractivity contribution is 9.09. The second-order valence-electron chi connectivity index (χ2n) is 4.98. The number of aromatic nitrogens is 1. The Morgan fingerprint density at radius 3 is 2.62 bits per heavy atom. The number of aromatic amines is 1. The highest BCUT2D eigenvalue weighted by Crippen LogP contribution is 2.50. The Bertz CT molecular complexity index is 677. The van der Waals surface area contributed by atoms with E-state index in [2.05, 4.69) is 20.9 Å². The summed E-state index contributed by atoms with van der Waals surface area (Å²) in [5.41, 5.74) is -1.50. The lowest BCUT2D eigenvalue weighted by Gasteiger charge is -2.49. The van der Waals surface area contributed by atoms with Gasteiger partial charge in [0.2, 0.25) is 5.06 Å². The average molecular weight is 379 g/mol. The quantitative estimate of drug-likeness (QED) is 0.470. The van der Waals surface area contributed by atoms with Gasteiger partial charge in [0, 0.05) is 22.7 Å². The second-order valence-corrected chi connectivity index (χ2v) is 6.38. The monoisotopic (exact) mass is 377 g/mol. The molecule has 1 aromatic carbocycles. The molecular weight excluding hydrogens is 366 g/mol. The molecule has 1 aromatic heterocycles. The Morgan fingerprint density at radius 1 is 1.24 bits per heavy atom. The van der Waals surface area contributed by atoms with Gasteiger partial charge in [-0.25, -0.2) is 0 Å². The van der Waals surface area contributed by atoms with Crippen LogP contribution in [0.1, 0.15) is 5.56 Å². The number of para-hydroxylation sites is 1. The third-order valence-electron chi connectivity index (χ3n) is 3.79. The van der Waals surface area contributed by atoms with Crippen LogP contribution in [0.25, 0.3) is 10.9 Å². The van der Waals surface area contributed by atoms with Crippen molar-refractivity contribution in [2.75, 3.05) is 0 Å². The van der Waals surface area contributed by atoms with Gasteiger partial charge in [-0.1, -0.05) is 45.7 Å². The average Bonchev–Trinajstić information content (AvgIpc) is 2.88. The van der Waals surface area contributed by atoms with Crippen LogP contribution in [-0.4, -0.2) is 47.9 Å². The van der Waals surface area contributed by atoms with Gasteiger partial charge in [0.1, 0.15) is 6.10 Å². The largest absolute Gasteiger partial charge is 0.384 e. The van der Waals surface area contributed by atoms with Crippen molar-refractivity contribution in [3.8, 4) is 0 Å². The molecule has 5 N–H and O–H groups in total. The molecule has 5 atom stereocenters. The molecule has 21 heavy (non-hydrogen) atoms. The lowest BCUT2D eigenvalue weighted by atomic mass is 9.80. The van der Waals surface area contributed by atoms with Crippen molar-refractivity contribution in [2.45, 2.75) is 28.1 Å². The van der Waals surface area contributed by atoms with E-state index < -0.39 is 28.1 Å². The van der Waals surface area contributed by atoms with Crippen LogP contribution < -0.4 is 0 Å². The van der Waals surface area contributed by atoms with Crippen LogP contribution in [0.5, 0.6) is 0 Å². The molecule has 0 bridgehead atoms. The van der Waals surface area contributed by atoms with Crippen molar-refractivity contribution in [3.63, 3.8) is 0 Å². The fraction of sp³-hybridized carbons (Fsp3) is 0.385. The van der Waals surface area contributed by atoms with Crippen molar-refractivity contribution >= 4 is 38.4 Å². The van der Waals surface area contributed by atoms with Crippen LogP contribution >= 0.6 is 27.5 Å². The first-order chi connectivity index (χ1) is 9.80. The van der Waals surface area contributed by atoms with Gasteiger partial charge in [0.05, 0.1) is 0 Å². The molecule has 1 aliphatic rings. The molecule has 2 heterocycles. The first-order valence-corrected chi connectivity index (χ1v) is 7.45. The van der Waals surface area contributed by atoms with Crippen LogP contribution in [0, 0.1) is 0 Å². The Hall–Kier alpha value is -0.670. The fourth-order valence-corrected chi connectivity index (χ4v) is 3.44. The summed E-state index contributed by atoms with van der Waals surface area (Å²) in [6.45, 7) is 0. The lowest BCUT2D eigenvalue weighted by molar-refractivity contribution is -0.316. The zero-order valence-electron chi connectivity index (χ0n) is 10.6. The van der Waals surface area contributed by atoms with E-state index in [0.717, 1.165) is 0 Å². The van der Waals surface area contributed by atoms with Crippen LogP contribution in [0.2, 0.25) is 0 Å². The van der Waals surface area contributed by atoms with E-state index >= 15 is 0 Å². The van der Waals surface area contributed by atoms with Gasteiger partial charge in [-0.15, -0.1) is 0 Å². The third kappa shape index (κ3) is 1.97. The molecule has 114 valence electrons. The molecule has 2 aromatic rings. The summed E-state index contributed by atoms with van der Waals surface area (Å²) < 4.78 is 4.89. The zero-order valence-corrected chi connectivity index (χ0v) is 12.9. The Balaban J connectivity index is 2.25. The van der Waals surface area contributed by atoms with E-state index in [-0.39, 0.29) is 5.56 Å². The van der Waals surface area contributed by atoms with E-state index in [1.807, 2.05) is 0 Å². The minimum Gasteiger partial charge on any atom is -0.384 e. The molecule has 8 heteroatoms. The molecule has 0 amide bonds. The summed E-state index contributed by atoms with van der Waals surface area (Å²) in [6.07, 6.45) is -2.13. The number of alkyl halides is 2. The zero-order chi connectivity index (χ0) is 15.4. The number of aliphatic hydroxyl groups is 4. The standard InChI is InChI=1S/C13H13BrClNO5/c14-11-13(15,20)12(19,9(17)10(18)21-11)7-5-16-8-4-2-1-3-6(7)8/h1-5,9-11,16-20H/t9-,10+,11?,12+,13+/m0/s1. The van der Waals surface area contributed by atoms with Gasteiger partial charge in [0.25, 0.3) is 0 Å². The van der Waals surface area contributed by atoms with Gasteiger partial charge in [-0.05, 0) is 6.07 Å². The van der Waals surface area contributed by atoms with E-state index in [1.165, 1.54) is 6.20 Å². The molecule has 0 radical (unpaired) electrons. The Labute approximate surface area is 133 Å². The molecule has 3 rings (SSSR count). The molecule has 1 fully saturated rings. The minimum atomic E-state index is -2.39. The van der Waals surface area contributed by atoms with E-state index in [0.29, 0.717) is 10.9 Å². The van der Waals surface area contributed by atoms with Crippen molar-refractivity contribution in [1.29, 1.82) is 0 Å². The highest BCUT2D eigenvalue weighted by atomic mass is 79.9. The second kappa shape index (κ2) is 4.92.